The molecule has 0 radical (unpaired) electrons. The summed E-state index contributed by atoms with van der Waals surface area (Å²) in [6, 6.07) is 10.2. The van der Waals surface area contributed by atoms with Crippen molar-refractivity contribution >= 4 is 42.4 Å². The van der Waals surface area contributed by atoms with Crippen molar-refractivity contribution in [3.05, 3.63) is 42.0 Å². The number of anilines is 1. The van der Waals surface area contributed by atoms with Crippen molar-refractivity contribution in [3.8, 4) is 11.5 Å². The quantitative estimate of drug-likeness (QED) is 0.684. The third-order valence-electron chi connectivity index (χ3n) is 4.28. The lowest BCUT2D eigenvalue weighted by Crippen LogP contribution is -2.17. The highest BCUT2D eigenvalue weighted by Crippen LogP contribution is 2.37. The average molecular weight is 418 g/mol. The number of nitrogens with one attached hydrogen (secondary N) is 1. The summed E-state index contributed by atoms with van der Waals surface area (Å²) < 4.78 is 36.7. The van der Waals surface area contributed by atoms with Gasteiger partial charge in [-0.3, -0.25) is 4.79 Å². The van der Waals surface area contributed by atoms with Gasteiger partial charge in [-0.2, -0.15) is 0 Å². The molecule has 0 spiro atoms. The zero-order valence-electron chi connectivity index (χ0n) is 15.1. The van der Waals surface area contributed by atoms with Crippen molar-refractivity contribution in [1.29, 1.82) is 0 Å². The summed E-state index contributed by atoms with van der Waals surface area (Å²) in [5.41, 5.74) is 1.67. The monoisotopic (exact) mass is 418 g/mol. The molecule has 7 nitrogen and oxygen atoms in total. The molecular weight excluding hydrogens is 400 g/mol. The molecule has 3 aromatic rings. The van der Waals surface area contributed by atoms with Gasteiger partial charge >= 0.3 is 0 Å². The molecule has 0 saturated heterocycles. The number of hydrogen-bond acceptors (Lipinski definition) is 7. The van der Waals surface area contributed by atoms with Gasteiger partial charge in [0, 0.05) is 18.6 Å². The van der Waals surface area contributed by atoms with E-state index in [1.165, 1.54) is 11.3 Å². The molecule has 0 bridgehead atoms. The van der Waals surface area contributed by atoms with Crippen LogP contribution < -0.4 is 14.8 Å². The Bertz CT molecular complexity index is 1090. The maximum absolute atomic E-state index is 12.4. The van der Waals surface area contributed by atoms with Crippen molar-refractivity contribution < 1.29 is 22.7 Å². The van der Waals surface area contributed by atoms with E-state index in [-0.39, 0.29) is 17.1 Å². The Morgan fingerprint density at radius 3 is 2.54 bits per heavy atom. The predicted octanol–water partition coefficient (Wildman–Crippen LogP) is 3.18. The van der Waals surface area contributed by atoms with E-state index in [0.29, 0.717) is 35.4 Å². The van der Waals surface area contributed by atoms with E-state index >= 15 is 0 Å². The van der Waals surface area contributed by atoms with E-state index in [0.717, 1.165) is 10.3 Å². The fourth-order valence-electron chi connectivity index (χ4n) is 2.79. The van der Waals surface area contributed by atoms with E-state index < -0.39 is 15.7 Å². The molecule has 1 aliphatic heterocycles. The minimum atomic E-state index is -3.51. The van der Waals surface area contributed by atoms with Crippen LogP contribution in [-0.2, 0) is 14.6 Å². The van der Waals surface area contributed by atoms with Crippen LogP contribution in [0.5, 0.6) is 11.5 Å². The number of carbonyl (C=O) groups excluding carboxylic acids is 1. The molecular formula is C19H18N2O5S2. The highest BCUT2D eigenvalue weighted by Gasteiger charge is 2.18. The van der Waals surface area contributed by atoms with Gasteiger partial charge in [0.05, 0.1) is 20.9 Å². The third kappa shape index (κ3) is 3.95. The van der Waals surface area contributed by atoms with Gasteiger partial charge < -0.3 is 14.8 Å². The molecule has 1 aromatic heterocycles. The van der Waals surface area contributed by atoms with Crippen LogP contribution in [0.25, 0.3) is 10.2 Å². The second-order valence-corrected chi connectivity index (χ2v) is 9.55. The Morgan fingerprint density at radius 1 is 1.14 bits per heavy atom. The van der Waals surface area contributed by atoms with Gasteiger partial charge in [-0.1, -0.05) is 29.0 Å². The first-order valence-corrected chi connectivity index (χ1v) is 11.2. The molecule has 1 aliphatic rings. The molecule has 2 aromatic carbocycles. The van der Waals surface area contributed by atoms with Gasteiger partial charge in [0.15, 0.2) is 26.5 Å². The molecule has 1 amide bonds. The molecule has 146 valence electrons. The van der Waals surface area contributed by atoms with Crippen molar-refractivity contribution in [2.45, 2.75) is 18.2 Å². The standard InChI is InChI=1S/C19H18N2O5S2/c1-12-2-4-13(5-3-12)28(23,24)9-6-18(22)21-19-20-14-10-15-16(11-17(14)27-19)26-8-7-25-15/h2-5,10-11H,6-9H2,1H3,(H,20,21,22). The Morgan fingerprint density at radius 2 is 1.82 bits per heavy atom. The topological polar surface area (TPSA) is 94.6 Å². The summed E-state index contributed by atoms with van der Waals surface area (Å²) >= 11 is 1.30. The summed E-state index contributed by atoms with van der Waals surface area (Å²) in [6.45, 7) is 2.87. The lowest BCUT2D eigenvalue weighted by molar-refractivity contribution is -0.115. The van der Waals surface area contributed by atoms with Crippen LogP contribution in [0.4, 0.5) is 5.13 Å². The minimum absolute atomic E-state index is 0.144. The number of nitrogens with zero attached hydrogens (tertiary/aromatic N) is 1. The molecule has 0 saturated carbocycles. The molecule has 28 heavy (non-hydrogen) atoms. The number of amides is 1. The Hall–Kier alpha value is -2.65. The van der Waals surface area contributed by atoms with E-state index in [2.05, 4.69) is 10.3 Å². The number of hydrogen-bond donors (Lipinski definition) is 1. The minimum Gasteiger partial charge on any atom is -0.486 e. The van der Waals surface area contributed by atoms with Crippen molar-refractivity contribution in [1.82, 2.24) is 4.98 Å². The zero-order valence-corrected chi connectivity index (χ0v) is 16.7. The number of benzene rings is 2. The first kappa shape index (κ1) is 18.7. The SMILES string of the molecule is Cc1ccc(S(=O)(=O)CCC(=O)Nc2nc3cc4c(cc3s2)OCCO4)cc1. The summed E-state index contributed by atoms with van der Waals surface area (Å²) in [5, 5.41) is 3.09. The van der Waals surface area contributed by atoms with E-state index in [4.69, 9.17) is 9.47 Å². The van der Waals surface area contributed by atoms with Crippen molar-refractivity contribution in [2.24, 2.45) is 0 Å². The molecule has 0 fully saturated rings. The normalized spacial score (nSPS) is 13.5. The van der Waals surface area contributed by atoms with Gasteiger partial charge in [0.1, 0.15) is 13.2 Å². The van der Waals surface area contributed by atoms with Crippen LogP contribution in [0.2, 0.25) is 0 Å². The molecule has 0 unspecified atom stereocenters. The van der Waals surface area contributed by atoms with Crippen molar-refractivity contribution in [3.63, 3.8) is 0 Å². The van der Waals surface area contributed by atoms with Crippen LogP contribution in [0, 0.1) is 6.92 Å². The lowest BCUT2D eigenvalue weighted by Gasteiger charge is -2.17. The van der Waals surface area contributed by atoms with Crippen LogP contribution in [0.15, 0.2) is 41.3 Å². The zero-order chi connectivity index (χ0) is 19.7. The van der Waals surface area contributed by atoms with E-state index in [1.54, 1.807) is 30.3 Å². The average Bonchev–Trinajstić information content (AvgIpc) is 3.05. The number of ether oxygens (including phenoxy) is 2. The first-order chi connectivity index (χ1) is 13.4. The molecule has 2 heterocycles. The third-order valence-corrected chi connectivity index (χ3v) is 6.94. The molecule has 0 aliphatic carbocycles. The van der Waals surface area contributed by atoms with Gasteiger partial charge in [-0.25, -0.2) is 13.4 Å². The maximum atomic E-state index is 12.4. The van der Waals surface area contributed by atoms with E-state index in [9.17, 15) is 13.2 Å². The second-order valence-electron chi connectivity index (χ2n) is 6.41. The van der Waals surface area contributed by atoms with E-state index in [1.807, 2.05) is 13.0 Å². The lowest BCUT2D eigenvalue weighted by atomic mass is 10.2. The summed E-state index contributed by atoms with van der Waals surface area (Å²) in [6.07, 6.45) is -0.144. The molecule has 1 N–H and O–H groups in total. The summed E-state index contributed by atoms with van der Waals surface area (Å²) in [5.74, 6) is 0.630. The largest absolute Gasteiger partial charge is 0.486 e. The Kier molecular flexibility index (Phi) is 4.94. The van der Waals surface area contributed by atoms with Gasteiger partial charge in [0.25, 0.3) is 0 Å². The van der Waals surface area contributed by atoms with Gasteiger partial charge in [-0.05, 0) is 19.1 Å². The first-order valence-electron chi connectivity index (χ1n) is 8.70. The fourth-order valence-corrected chi connectivity index (χ4v) is 4.92. The maximum Gasteiger partial charge on any atom is 0.227 e. The van der Waals surface area contributed by atoms with Crippen LogP contribution in [0.1, 0.15) is 12.0 Å². The Balaban J connectivity index is 1.43. The van der Waals surface area contributed by atoms with Gasteiger partial charge in [0.2, 0.25) is 5.91 Å². The smallest absolute Gasteiger partial charge is 0.227 e. The molecule has 9 heteroatoms. The van der Waals surface area contributed by atoms with Crippen LogP contribution >= 0.6 is 11.3 Å². The van der Waals surface area contributed by atoms with Crippen molar-refractivity contribution in [2.75, 3.05) is 24.3 Å². The summed E-state index contributed by atoms with van der Waals surface area (Å²) in [7, 11) is -3.51. The Labute approximate surface area is 166 Å². The number of aromatic nitrogens is 1. The number of aryl methyl sites for hydroxylation is 1. The summed E-state index contributed by atoms with van der Waals surface area (Å²) in [4.78, 5) is 16.8. The number of sulfone groups is 1. The fraction of sp³-hybridized carbons (Fsp3) is 0.263. The van der Waals surface area contributed by atoms with Gasteiger partial charge in [-0.15, -0.1) is 0 Å². The molecule has 4 rings (SSSR count). The molecule has 0 atom stereocenters. The van der Waals surface area contributed by atoms with Crippen LogP contribution in [0.3, 0.4) is 0 Å². The number of carbonyl (C=O) groups is 1. The predicted molar refractivity (Wildman–Crippen MR) is 107 cm³/mol. The second kappa shape index (κ2) is 7.40. The number of rotatable bonds is 5. The number of thiazole rings is 1. The van der Waals surface area contributed by atoms with Crippen LogP contribution in [-0.4, -0.2) is 38.3 Å². The number of fused-ring (bicyclic) bond motifs is 2. The highest BCUT2D eigenvalue weighted by molar-refractivity contribution is 7.91. The highest BCUT2D eigenvalue weighted by atomic mass is 32.2.